The first-order chi connectivity index (χ1) is 11.4. The van der Waals surface area contributed by atoms with E-state index in [2.05, 4.69) is 53.4 Å². The van der Waals surface area contributed by atoms with Crippen LogP contribution >= 0.6 is 11.3 Å². The smallest absolute Gasteiger partial charge is 0.259 e. The lowest BCUT2D eigenvalue weighted by atomic mass is 10.0. The lowest BCUT2D eigenvalue weighted by Gasteiger charge is -2.15. The predicted octanol–water partition coefficient (Wildman–Crippen LogP) is 4.90. The largest absolute Gasteiger partial charge is 0.375 e. The molecule has 0 fully saturated rings. The number of nitrogens with zero attached hydrogens (tertiary/aromatic N) is 1. The highest BCUT2D eigenvalue weighted by molar-refractivity contribution is 7.18. The minimum Gasteiger partial charge on any atom is -0.375 e. The van der Waals surface area contributed by atoms with Gasteiger partial charge in [0.1, 0.15) is 10.7 Å². The van der Waals surface area contributed by atoms with E-state index < -0.39 is 0 Å². The zero-order valence-corrected chi connectivity index (χ0v) is 15.5. The van der Waals surface area contributed by atoms with Crippen LogP contribution in [0.1, 0.15) is 54.6 Å². The zero-order chi connectivity index (χ0) is 17.4. The summed E-state index contributed by atoms with van der Waals surface area (Å²) in [6, 6.07) is 8.33. The molecule has 4 nitrogen and oxygen atoms in total. The summed E-state index contributed by atoms with van der Waals surface area (Å²) in [6.07, 6.45) is 0. The molecule has 3 aromatic rings. The number of hydrogen-bond donors (Lipinski definition) is 2. The molecule has 24 heavy (non-hydrogen) atoms. The molecule has 2 aromatic heterocycles. The summed E-state index contributed by atoms with van der Waals surface area (Å²) in [5.74, 6) is 1.18. The number of H-pyrrole nitrogens is 1. The second kappa shape index (κ2) is 6.40. The maximum absolute atomic E-state index is 12.4. The first kappa shape index (κ1) is 16.7. The molecule has 3 rings (SSSR count). The fraction of sp³-hybridized carbons (Fsp3) is 0.368. The van der Waals surface area contributed by atoms with Crippen LogP contribution in [0.3, 0.4) is 0 Å². The first-order valence-electron chi connectivity index (χ1n) is 8.23. The summed E-state index contributed by atoms with van der Waals surface area (Å²) in [5, 5.41) is 4.13. The summed E-state index contributed by atoms with van der Waals surface area (Å²) >= 11 is 1.58. The standard InChI is InChI=1S/C19H23N3OS/c1-10(2)14-6-8-15(9-7-14)20-12(4)17-21-18(23)16-11(3)13(5)24-19(16)22-17/h6-10,12,20H,1-5H3,(H,21,22,23)/t12-/m0/s1. The maximum Gasteiger partial charge on any atom is 0.259 e. The molecule has 0 aliphatic rings. The molecule has 0 bridgehead atoms. The summed E-state index contributed by atoms with van der Waals surface area (Å²) in [6.45, 7) is 10.4. The minimum atomic E-state index is -0.0743. The van der Waals surface area contributed by atoms with E-state index in [1.807, 2.05) is 20.8 Å². The van der Waals surface area contributed by atoms with Gasteiger partial charge in [0.05, 0.1) is 11.4 Å². The van der Waals surface area contributed by atoms with Crippen LogP contribution in [0.5, 0.6) is 0 Å². The maximum atomic E-state index is 12.4. The number of anilines is 1. The van der Waals surface area contributed by atoms with Crippen molar-refractivity contribution < 1.29 is 0 Å². The van der Waals surface area contributed by atoms with Gasteiger partial charge in [-0.15, -0.1) is 11.3 Å². The van der Waals surface area contributed by atoms with E-state index in [-0.39, 0.29) is 11.6 Å². The molecule has 0 unspecified atom stereocenters. The zero-order valence-electron chi connectivity index (χ0n) is 14.7. The third-order valence-electron chi connectivity index (χ3n) is 4.43. The molecule has 0 amide bonds. The summed E-state index contributed by atoms with van der Waals surface area (Å²) in [7, 11) is 0. The van der Waals surface area contributed by atoms with E-state index in [0.29, 0.717) is 11.7 Å². The van der Waals surface area contributed by atoms with Gasteiger partial charge in [-0.1, -0.05) is 26.0 Å². The van der Waals surface area contributed by atoms with Crippen LogP contribution in [0.25, 0.3) is 10.2 Å². The average molecular weight is 341 g/mol. The van der Waals surface area contributed by atoms with E-state index in [1.165, 1.54) is 5.56 Å². The molecule has 2 heterocycles. The van der Waals surface area contributed by atoms with Gasteiger partial charge in [-0.05, 0) is 49.9 Å². The van der Waals surface area contributed by atoms with Gasteiger partial charge >= 0.3 is 0 Å². The second-order valence-electron chi connectivity index (χ2n) is 6.56. The lowest BCUT2D eigenvalue weighted by Crippen LogP contribution is -2.17. The Hall–Kier alpha value is -2.14. The molecular formula is C19H23N3OS. The van der Waals surface area contributed by atoms with Gasteiger partial charge in [0, 0.05) is 10.6 Å². The van der Waals surface area contributed by atoms with Crippen LogP contribution in [0.4, 0.5) is 5.69 Å². The van der Waals surface area contributed by atoms with Gasteiger partial charge in [-0.2, -0.15) is 0 Å². The fourth-order valence-electron chi connectivity index (χ4n) is 2.76. The molecule has 1 aromatic carbocycles. The van der Waals surface area contributed by atoms with E-state index in [1.54, 1.807) is 11.3 Å². The third-order valence-corrected chi connectivity index (χ3v) is 5.53. The Morgan fingerprint density at radius 2 is 1.79 bits per heavy atom. The Morgan fingerprint density at radius 3 is 2.42 bits per heavy atom. The number of aryl methyl sites for hydroxylation is 2. The summed E-state index contributed by atoms with van der Waals surface area (Å²) in [4.78, 5) is 21.9. The van der Waals surface area contributed by atoms with Gasteiger partial charge in [0.2, 0.25) is 0 Å². The number of aromatic nitrogens is 2. The molecule has 1 atom stereocenters. The number of nitrogens with one attached hydrogen (secondary N) is 2. The van der Waals surface area contributed by atoms with Crippen molar-refractivity contribution in [1.29, 1.82) is 0 Å². The average Bonchev–Trinajstić information content (AvgIpc) is 2.82. The Labute approximate surface area is 146 Å². The van der Waals surface area contributed by atoms with Crippen LogP contribution in [-0.4, -0.2) is 9.97 Å². The number of aromatic amines is 1. The third kappa shape index (κ3) is 3.08. The number of thiophene rings is 1. The van der Waals surface area contributed by atoms with Crippen LogP contribution in [0.2, 0.25) is 0 Å². The van der Waals surface area contributed by atoms with Crippen LogP contribution in [0.15, 0.2) is 29.1 Å². The normalized spacial score (nSPS) is 12.8. The fourth-order valence-corrected chi connectivity index (χ4v) is 3.80. The molecule has 0 aliphatic carbocycles. The van der Waals surface area contributed by atoms with E-state index in [4.69, 9.17) is 0 Å². The monoisotopic (exact) mass is 341 g/mol. The molecule has 5 heteroatoms. The van der Waals surface area contributed by atoms with Crippen molar-refractivity contribution in [3.63, 3.8) is 0 Å². The van der Waals surface area contributed by atoms with E-state index in [0.717, 1.165) is 26.3 Å². The quantitative estimate of drug-likeness (QED) is 0.710. The Bertz CT molecular complexity index is 922. The van der Waals surface area contributed by atoms with Crippen LogP contribution in [0, 0.1) is 13.8 Å². The van der Waals surface area contributed by atoms with Crippen molar-refractivity contribution in [1.82, 2.24) is 9.97 Å². The van der Waals surface area contributed by atoms with E-state index in [9.17, 15) is 4.79 Å². The van der Waals surface area contributed by atoms with Crippen molar-refractivity contribution in [2.75, 3.05) is 5.32 Å². The Kier molecular flexibility index (Phi) is 4.45. The van der Waals surface area contributed by atoms with Gasteiger partial charge in [0.15, 0.2) is 0 Å². The molecule has 0 saturated heterocycles. The van der Waals surface area contributed by atoms with Crippen molar-refractivity contribution in [2.24, 2.45) is 0 Å². The van der Waals surface area contributed by atoms with Crippen molar-refractivity contribution in [3.8, 4) is 0 Å². The highest BCUT2D eigenvalue weighted by Crippen LogP contribution is 2.27. The molecule has 2 N–H and O–H groups in total. The van der Waals surface area contributed by atoms with Crippen molar-refractivity contribution >= 4 is 27.2 Å². The molecule has 0 saturated carbocycles. The molecule has 126 valence electrons. The second-order valence-corrected chi connectivity index (χ2v) is 7.76. The van der Waals surface area contributed by atoms with Crippen LogP contribution < -0.4 is 10.9 Å². The highest BCUT2D eigenvalue weighted by atomic mass is 32.1. The van der Waals surface area contributed by atoms with Gasteiger partial charge in [-0.25, -0.2) is 4.98 Å². The summed E-state index contributed by atoms with van der Waals surface area (Å²) < 4.78 is 0. The number of rotatable bonds is 4. The highest BCUT2D eigenvalue weighted by Gasteiger charge is 2.15. The predicted molar refractivity (Wildman–Crippen MR) is 102 cm³/mol. The SMILES string of the molecule is Cc1sc2nc([C@H](C)Nc3ccc(C(C)C)cc3)[nH]c(=O)c2c1C. The first-order valence-corrected chi connectivity index (χ1v) is 9.05. The van der Waals surface area contributed by atoms with Gasteiger partial charge in [-0.3, -0.25) is 4.79 Å². The Morgan fingerprint density at radius 1 is 1.12 bits per heavy atom. The molecular weight excluding hydrogens is 318 g/mol. The van der Waals surface area contributed by atoms with Gasteiger partial charge in [0.25, 0.3) is 5.56 Å². The Balaban J connectivity index is 1.88. The molecule has 0 spiro atoms. The van der Waals surface area contributed by atoms with Crippen LogP contribution in [-0.2, 0) is 0 Å². The van der Waals surface area contributed by atoms with Crippen molar-refractivity contribution in [3.05, 3.63) is 56.4 Å². The van der Waals surface area contributed by atoms with Gasteiger partial charge < -0.3 is 10.3 Å². The topological polar surface area (TPSA) is 57.8 Å². The molecule has 0 radical (unpaired) electrons. The lowest BCUT2D eigenvalue weighted by molar-refractivity contribution is 0.792. The minimum absolute atomic E-state index is 0.0549. The summed E-state index contributed by atoms with van der Waals surface area (Å²) in [5.41, 5.74) is 3.31. The van der Waals surface area contributed by atoms with E-state index >= 15 is 0 Å². The number of fused-ring (bicyclic) bond motifs is 1. The molecule has 0 aliphatic heterocycles. The number of benzene rings is 1. The number of hydrogen-bond acceptors (Lipinski definition) is 4. The van der Waals surface area contributed by atoms with Crippen molar-refractivity contribution in [2.45, 2.75) is 46.6 Å².